The summed E-state index contributed by atoms with van der Waals surface area (Å²) in [5, 5.41) is 11.8. The number of halogens is 4. The van der Waals surface area contributed by atoms with Gasteiger partial charge in [0.1, 0.15) is 6.17 Å². The quantitative estimate of drug-likeness (QED) is 0.306. The Hall–Kier alpha value is -3.08. The number of nitrogens with two attached hydrogens (primary N) is 1. The van der Waals surface area contributed by atoms with Crippen LogP contribution in [0.4, 0.5) is 29.2 Å². The van der Waals surface area contributed by atoms with Gasteiger partial charge >= 0.3 is 0 Å². The fourth-order valence-corrected chi connectivity index (χ4v) is 4.38. The highest BCUT2D eigenvalue weighted by Crippen LogP contribution is 2.33. The zero-order valence-electron chi connectivity index (χ0n) is 21.8. The van der Waals surface area contributed by atoms with Crippen molar-refractivity contribution in [3.05, 3.63) is 41.5 Å². The van der Waals surface area contributed by atoms with E-state index < -0.39 is 12.6 Å². The highest BCUT2D eigenvalue weighted by Gasteiger charge is 2.31. The monoisotopic (exact) mass is 521 g/mol. The smallest absolute Gasteiger partial charge is 0.238 e. The zero-order chi connectivity index (χ0) is 27.1. The van der Waals surface area contributed by atoms with Gasteiger partial charge in [0, 0.05) is 38.2 Å². The van der Waals surface area contributed by atoms with Gasteiger partial charge in [0.2, 0.25) is 12.4 Å². The molecule has 37 heavy (non-hydrogen) atoms. The highest BCUT2D eigenvalue weighted by atomic mass is 19.3. The molecule has 0 unspecified atom stereocenters. The van der Waals surface area contributed by atoms with Crippen molar-refractivity contribution in [2.24, 2.45) is 10.2 Å². The number of alkyl halides is 3. The van der Waals surface area contributed by atoms with E-state index in [1.807, 2.05) is 25.1 Å². The van der Waals surface area contributed by atoms with E-state index in [0.717, 1.165) is 35.8 Å². The molecule has 1 aliphatic heterocycles. The molecule has 3 heterocycles. The van der Waals surface area contributed by atoms with Gasteiger partial charge in [-0.15, -0.1) is 5.10 Å². The van der Waals surface area contributed by atoms with Crippen LogP contribution in [-0.2, 0) is 0 Å². The molecule has 1 saturated carbocycles. The molecule has 0 bridgehead atoms. The minimum absolute atomic E-state index is 0.0278. The highest BCUT2D eigenvalue weighted by molar-refractivity contribution is 5.84. The molecule has 7 nitrogen and oxygen atoms in total. The van der Waals surface area contributed by atoms with E-state index >= 15 is 0 Å². The molecule has 2 aliphatic rings. The summed E-state index contributed by atoms with van der Waals surface area (Å²) in [5.74, 6) is -0.256. The van der Waals surface area contributed by atoms with Crippen molar-refractivity contribution in [1.29, 1.82) is 0 Å². The number of rotatable bonds is 4. The summed E-state index contributed by atoms with van der Waals surface area (Å²) < 4.78 is 50.0. The number of fused-ring (bicyclic) bond motifs is 1. The lowest BCUT2D eigenvalue weighted by Gasteiger charge is -2.34. The van der Waals surface area contributed by atoms with Gasteiger partial charge in [0.15, 0.2) is 5.82 Å². The molecule has 1 atom stereocenters. The van der Waals surface area contributed by atoms with E-state index in [2.05, 4.69) is 25.2 Å². The van der Waals surface area contributed by atoms with Crippen molar-refractivity contribution in [1.82, 2.24) is 19.5 Å². The average molecular weight is 522 g/mol. The molecular formula is C26H35F4N7. The van der Waals surface area contributed by atoms with Crippen LogP contribution in [-0.4, -0.2) is 58.3 Å². The minimum Gasteiger partial charge on any atom is -0.367 e. The van der Waals surface area contributed by atoms with Crippen molar-refractivity contribution < 1.29 is 17.6 Å². The van der Waals surface area contributed by atoms with Crippen LogP contribution in [0.1, 0.15) is 50.3 Å². The lowest BCUT2D eigenvalue weighted by atomic mass is 9.92. The summed E-state index contributed by atoms with van der Waals surface area (Å²) in [4.78, 5) is 6.43. The van der Waals surface area contributed by atoms with E-state index in [9.17, 15) is 17.6 Å². The molecule has 2 N–H and O–H groups in total. The van der Waals surface area contributed by atoms with Gasteiger partial charge in [-0.05, 0) is 56.4 Å². The molecule has 202 valence electrons. The average Bonchev–Trinajstić information content (AvgIpc) is 3.37. The third-order valence-corrected chi connectivity index (χ3v) is 6.53. The number of azo groups is 1. The number of anilines is 1. The molecule has 5 rings (SSSR count). The molecule has 1 saturated heterocycles. The summed E-state index contributed by atoms with van der Waals surface area (Å²) in [6, 6.07) is 6.25. The molecule has 2 aromatic heterocycles. The maximum Gasteiger partial charge on any atom is 0.238 e. The summed E-state index contributed by atoms with van der Waals surface area (Å²) in [6.45, 7) is 6.86. The van der Waals surface area contributed by atoms with Gasteiger partial charge in [-0.2, -0.15) is 10.2 Å². The molecular weight excluding hydrogens is 486 g/mol. The third kappa shape index (κ3) is 7.24. The fourth-order valence-electron chi connectivity index (χ4n) is 4.38. The van der Waals surface area contributed by atoms with Crippen LogP contribution < -0.4 is 5.73 Å². The predicted octanol–water partition coefficient (Wildman–Crippen LogP) is 6.69. The molecule has 3 aromatic rings. The van der Waals surface area contributed by atoms with Gasteiger partial charge in [-0.1, -0.05) is 19.4 Å². The number of aromatic nitrogens is 3. The van der Waals surface area contributed by atoms with Crippen LogP contribution in [0, 0.1) is 19.7 Å². The van der Waals surface area contributed by atoms with Gasteiger partial charge < -0.3 is 5.73 Å². The summed E-state index contributed by atoms with van der Waals surface area (Å²) in [7, 11) is 1.61. The van der Waals surface area contributed by atoms with Gasteiger partial charge in [0.05, 0.1) is 23.1 Å². The topological polar surface area (TPSA) is 84.2 Å². The first-order valence-corrected chi connectivity index (χ1v) is 12.5. The van der Waals surface area contributed by atoms with Crippen molar-refractivity contribution >= 4 is 17.2 Å². The first-order valence-electron chi connectivity index (χ1n) is 12.5. The molecule has 0 spiro atoms. The Bertz CT molecular complexity index is 1210. The van der Waals surface area contributed by atoms with E-state index in [0.29, 0.717) is 23.3 Å². The van der Waals surface area contributed by atoms with E-state index in [4.69, 9.17) is 5.73 Å². The second kappa shape index (κ2) is 12.9. The Labute approximate surface area is 214 Å². The van der Waals surface area contributed by atoms with Crippen molar-refractivity contribution in [2.75, 3.05) is 25.9 Å². The van der Waals surface area contributed by atoms with Crippen molar-refractivity contribution in [3.63, 3.8) is 0 Å². The Balaban J connectivity index is 0.000000208. The van der Waals surface area contributed by atoms with Crippen LogP contribution in [0.2, 0.25) is 0 Å². The number of nitrogen functional groups attached to an aromatic ring is 1. The van der Waals surface area contributed by atoms with Gasteiger partial charge in [0.25, 0.3) is 0 Å². The number of aryl methyl sites for hydroxylation is 2. The Morgan fingerprint density at radius 2 is 1.89 bits per heavy atom. The van der Waals surface area contributed by atoms with Crippen molar-refractivity contribution in [3.8, 4) is 11.1 Å². The minimum atomic E-state index is -2.12. The molecule has 11 heteroatoms. The van der Waals surface area contributed by atoms with E-state index in [1.54, 1.807) is 14.0 Å². The standard InChI is InChI=1S/C15H15FN6.C8H14FN.C3H6F2/c1-8-6-10(4-5-12(8)20-18-3)13-11(16)7-22-14(13)9(2)19-15(17)21-22;9-7-4-5-10(6-7)8-2-1-3-8;1-2-3(4)5/h4-7H,1-3H3,(H2,17,21);7-8H,1-6H2;3H,2H2,1H3/t;7-;/m.1./s1. The lowest BCUT2D eigenvalue weighted by Crippen LogP contribution is -2.38. The SMILES string of the molecule is CCC(F)F.CN=Nc1ccc(-c2c(F)cn3nc(N)nc(C)c23)cc1C.F[C@@H]1CCN(C2CCC2)C1. The van der Waals surface area contributed by atoms with Crippen LogP contribution in [0.15, 0.2) is 34.6 Å². The molecule has 1 aromatic carbocycles. The van der Waals surface area contributed by atoms with Crippen LogP contribution in [0.3, 0.4) is 0 Å². The lowest BCUT2D eigenvalue weighted by molar-refractivity contribution is 0.144. The Kier molecular flexibility index (Phi) is 9.96. The maximum atomic E-state index is 14.4. The largest absolute Gasteiger partial charge is 0.367 e. The number of hydrogen-bond acceptors (Lipinski definition) is 6. The fraction of sp³-hybridized carbons (Fsp3) is 0.538. The normalized spacial score (nSPS) is 18.0. The van der Waals surface area contributed by atoms with Gasteiger partial charge in [-0.25, -0.2) is 27.1 Å². The Morgan fingerprint density at radius 3 is 2.41 bits per heavy atom. The molecule has 0 radical (unpaired) electrons. The first kappa shape index (κ1) is 28.5. The summed E-state index contributed by atoms with van der Waals surface area (Å²) in [5.41, 5.74) is 9.71. The zero-order valence-corrected chi connectivity index (χ0v) is 21.8. The van der Waals surface area contributed by atoms with Crippen LogP contribution >= 0.6 is 0 Å². The Morgan fingerprint density at radius 1 is 1.19 bits per heavy atom. The van der Waals surface area contributed by atoms with Crippen LogP contribution in [0.25, 0.3) is 16.6 Å². The van der Waals surface area contributed by atoms with Crippen LogP contribution in [0.5, 0.6) is 0 Å². The number of nitrogens with zero attached hydrogens (tertiary/aromatic N) is 6. The number of likely N-dealkylation sites (tertiary alicyclic amines) is 1. The van der Waals surface area contributed by atoms with Gasteiger partial charge in [-0.3, -0.25) is 4.90 Å². The summed E-state index contributed by atoms with van der Waals surface area (Å²) in [6.07, 6.45) is 3.40. The summed E-state index contributed by atoms with van der Waals surface area (Å²) >= 11 is 0. The third-order valence-electron chi connectivity index (χ3n) is 6.53. The van der Waals surface area contributed by atoms with E-state index in [1.165, 1.54) is 36.9 Å². The predicted molar refractivity (Wildman–Crippen MR) is 138 cm³/mol. The number of benzene rings is 1. The van der Waals surface area contributed by atoms with Crippen molar-refractivity contribution in [2.45, 2.75) is 71.5 Å². The second-order valence-corrected chi connectivity index (χ2v) is 9.27. The molecule has 1 aliphatic carbocycles. The van der Waals surface area contributed by atoms with E-state index in [-0.39, 0.29) is 18.2 Å². The molecule has 2 fully saturated rings. The molecule has 0 amide bonds. The first-order chi connectivity index (χ1) is 17.6. The second-order valence-electron chi connectivity index (χ2n) is 9.27. The maximum absolute atomic E-state index is 14.4. The number of hydrogen-bond donors (Lipinski definition) is 1.